The molecule has 0 spiro atoms. The number of rotatable bonds is 8. The molecule has 2 aromatic carbocycles. The summed E-state index contributed by atoms with van der Waals surface area (Å²) in [5.41, 5.74) is 2.90. The number of amides is 1. The predicted molar refractivity (Wildman–Crippen MR) is 116 cm³/mol. The van der Waals surface area contributed by atoms with Crippen molar-refractivity contribution in [3.05, 3.63) is 58.6 Å². The Balaban J connectivity index is 1.97. The van der Waals surface area contributed by atoms with Crippen molar-refractivity contribution >= 4 is 29.2 Å². The van der Waals surface area contributed by atoms with Gasteiger partial charge < -0.3 is 14.8 Å². The number of ether oxygens (including phenoxy) is 2. The molecule has 1 amide bonds. The molecule has 29 heavy (non-hydrogen) atoms. The van der Waals surface area contributed by atoms with Crippen LogP contribution in [-0.2, 0) is 14.3 Å². The molecule has 5 nitrogen and oxygen atoms in total. The third-order valence-electron chi connectivity index (χ3n) is 4.44. The number of esters is 1. The molecule has 0 fully saturated rings. The van der Waals surface area contributed by atoms with E-state index in [1.165, 1.54) is 0 Å². The fraction of sp³-hybridized carbons (Fsp3) is 0.391. The minimum Gasteiger partial charge on any atom is -0.479 e. The molecule has 0 radical (unpaired) electrons. The second-order valence-electron chi connectivity index (χ2n) is 7.49. The molecule has 2 aromatic rings. The van der Waals surface area contributed by atoms with E-state index in [4.69, 9.17) is 21.1 Å². The van der Waals surface area contributed by atoms with E-state index in [9.17, 15) is 9.59 Å². The molecule has 156 valence electrons. The number of anilines is 1. The normalized spacial score (nSPS) is 12.0. The fourth-order valence-electron chi connectivity index (χ4n) is 2.89. The second kappa shape index (κ2) is 10.3. The van der Waals surface area contributed by atoms with Crippen molar-refractivity contribution < 1.29 is 19.1 Å². The van der Waals surface area contributed by atoms with Crippen LogP contribution >= 0.6 is 11.6 Å². The minimum atomic E-state index is -0.849. The van der Waals surface area contributed by atoms with Crippen molar-refractivity contribution in [3.63, 3.8) is 0 Å². The maximum atomic E-state index is 12.4. The Morgan fingerprint density at radius 1 is 0.931 bits per heavy atom. The number of para-hydroxylation sites is 1. The van der Waals surface area contributed by atoms with Gasteiger partial charge >= 0.3 is 5.97 Å². The van der Waals surface area contributed by atoms with Crippen LogP contribution in [0.15, 0.2) is 42.5 Å². The maximum absolute atomic E-state index is 12.4. The van der Waals surface area contributed by atoms with Gasteiger partial charge in [0.15, 0.2) is 12.7 Å². The van der Waals surface area contributed by atoms with Gasteiger partial charge in [-0.25, -0.2) is 4.79 Å². The van der Waals surface area contributed by atoms with Gasteiger partial charge in [0.25, 0.3) is 5.91 Å². The molecule has 0 aliphatic heterocycles. The first-order valence-electron chi connectivity index (χ1n) is 9.70. The molecule has 6 heteroatoms. The third kappa shape index (κ3) is 6.50. The summed E-state index contributed by atoms with van der Waals surface area (Å²) >= 11 is 5.83. The van der Waals surface area contributed by atoms with Crippen LogP contribution in [0, 0.1) is 0 Å². The molecule has 0 saturated carbocycles. The first kappa shape index (κ1) is 22.8. The Hall–Kier alpha value is -2.53. The average Bonchev–Trinajstić information content (AvgIpc) is 2.67. The van der Waals surface area contributed by atoms with Crippen molar-refractivity contribution in [1.82, 2.24) is 0 Å². The molecule has 0 unspecified atom stereocenters. The summed E-state index contributed by atoms with van der Waals surface area (Å²) in [5, 5.41) is 3.50. The van der Waals surface area contributed by atoms with Crippen LogP contribution in [-0.4, -0.2) is 24.6 Å². The average molecular weight is 418 g/mol. The van der Waals surface area contributed by atoms with Crippen LogP contribution in [0.3, 0.4) is 0 Å². The molecule has 0 bridgehead atoms. The van der Waals surface area contributed by atoms with Crippen LogP contribution < -0.4 is 10.1 Å². The summed E-state index contributed by atoms with van der Waals surface area (Å²) in [6.45, 7) is 9.49. The fourth-order valence-corrected chi connectivity index (χ4v) is 3.02. The molecule has 0 aromatic heterocycles. The first-order valence-corrected chi connectivity index (χ1v) is 10.1. The topological polar surface area (TPSA) is 64.6 Å². The lowest BCUT2D eigenvalue weighted by Gasteiger charge is -2.20. The maximum Gasteiger partial charge on any atom is 0.347 e. The van der Waals surface area contributed by atoms with Crippen molar-refractivity contribution in [2.45, 2.75) is 52.6 Å². The highest BCUT2D eigenvalue weighted by molar-refractivity contribution is 6.30. The van der Waals surface area contributed by atoms with E-state index in [2.05, 4.69) is 33.0 Å². The van der Waals surface area contributed by atoms with Gasteiger partial charge in [-0.1, -0.05) is 57.5 Å². The lowest BCUT2D eigenvalue weighted by Crippen LogP contribution is -2.30. The molecule has 1 N–H and O–H groups in total. The number of halogens is 1. The van der Waals surface area contributed by atoms with Crippen LogP contribution in [0.2, 0.25) is 5.02 Å². The van der Waals surface area contributed by atoms with E-state index < -0.39 is 12.1 Å². The van der Waals surface area contributed by atoms with Crippen LogP contribution in [0.5, 0.6) is 5.75 Å². The summed E-state index contributed by atoms with van der Waals surface area (Å²) < 4.78 is 10.7. The van der Waals surface area contributed by atoms with E-state index in [-0.39, 0.29) is 24.3 Å². The highest BCUT2D eigenvalue weighted by Crippen LogP contribution is 2.32. The third-order valence-corrected chi connectivity index (χ3v) is 4.69. The van der Waals surface area contributed by atoms with Crippen molar-refractivity contribution in [2.24, 2.45) is 0 Å². The van der Waals surface area contributed by atoms with Crippen molar-refractivity contribution in [2.75, 3.05) is 11.9 Å². The SMILES string of the molecule is CC(C)c1cccc(C(C)C)c1NC(=O)COC(=O)[C@@H](C)Oc1ccc(Cl)cc1. The van der Waals surface area contributed by atoms with E-state index in [0.29, 0.717) is 10.8 Å². The molecule has 2 rings (SSSR count). The van der Waals surface area contributed by atoms with Gasteiger partial charge in [-0.15, -0.1) is 0 Å². The molecular formula is C23H28ClNO4. The molecular weight excluding hydrogens is 390 g/mol. The van der Waals surface area contributed by atoms with Gasteiger partial charge in [0.1, 0.15) is 5.75 Å². The summed E-state index contributed by atoms with van der Waals surface area (Å²) in [5.74, 6) is -0.00203. The van der Waals surface area contributed by atoms with Crippen LogP contribution in [0.4, 0.5) is 5.69 Å². The minimum absolute atomic E-state index is 0.249. The Morgan fingerprint density at radius 3 is 2.00 bits per heavy atom. The number of nitrogens with one attached hydrogen (secondary N) is 1. The van der Waals surface area contributed by atoms with E-state index in [0.717, 1.165) is 16.8 Å². The molecule has 0 aliphatic rings. The van der Waals surface area contributed by atoms with Gasteiger partial charge in [0, 0.05) is 10.7 Å². The highest BCUT2D eigenvalue weighted by atomic mass is 35.5. The van der Waals surface area contributed by atoms with Gasteiger partial charge in [0.2, 0.25) is 0 Å². The Bertz CT molecular complexity index is 820. The van der Waals surface area contributed by atoms with Gasteiger partial charge in [0.05, 0.1) is 0 Å². The smallest absolute Gasteiger partial charge is 0.347 e. The number of benzene rings is 2. The van der Waals surface area contributed by atoms with Gasteiger partial charge in [-0.05, 0) is 54.2 Å². The zero-order chi connectivity index (χ0) is 21.6. The van der Waals surface area contributed by atoms with E-state index in [1.807, 2.05) is 18.2 Å². The quantitative estimate of drug-likeness (QED) is 0.573. The van der Waals surface area contributed by atoms with Crippen molar-refractivity contribution in [3.8, 4) is 5.75 Å². The molecule has 1 atom stereocenters. The second-order valence-corrected chi connectivity index (χ2v) is 7.93. The van der Waals surface area contributed by atoms with E-state index in [1.54, 1.807) is 31.2 Å². The monoisotopic (exact) mass is 417 g/mol. The van der Waals surface area contributed by atoms with Crippen molar-refractivity contribution in [1.29, 1.82) is 0 Å². The first-order chi connectivity index (χ1) is 13.7. The van der Waals surface area contributed by atoms with Crippen LogP contribution in [0.25, 0.3) is 0 Å². The van der Waals surface area contributed by atoms with Gasteiger partial charge in [-0.3, -0.25) is 4.79 Å². The number of carbonyl (C=O) groups is 2. The highest BCUT2D eigenvalue weighted by Gasteiger charge is 2.20. The van der Waals surface area contributed by atoms with Crippen LogP contribution in [0.1, 0.15) is 57.6 Å². The largest absolute Gasteiger partial charge is 0.479 e. The standard InChI is InChI=1S/C23H28ClNO4/c1-14(2)19-7-6-8-20(15(3)4)22(19)25-21(26)13-28-23(27)16(5)29-18-11-9-17(24)10-12-18/h6-12,14-16H,13H2,1-5H3,(H,25,26)/t16-/m1/s1. The molecule has 0 heterocycles. The lowest BCUT2D eigenvalue weighted by atomic mass is 9.92. The number of hydrogen-bond acceptors (Lipinski definition) is 4. The number of hydrogen-bond donors (Lipinski definition) is 1. The zero-order valence-electron chi connectivity index (χ0n) is 17.5. The number of carbonyl (C=O) groups excluding carboxylic acids is 2. The summed E-state index contributed by atoms with van der Waals surface area (Å²) in [6.07, 6.45) is -0.849. The lowest BCUT2D eigenvalue weighted by molar-refractivity contribution is -0.153. The Kier molecular flexibility index (Phi) is 8.09. The Morgan fingerprint density at radius 2 is 1.48 bits per heavy atom. The summed E-state index contributed by atoms with van der Waals surface area (Å²) in [6, 6.07) is 12.7. The molecule has 0 saturated heterocycles. The van der Waals surface area contributed by atoms with Gasteiger partial charge in [-0.2, -0.15) is 0 Å². The van der Waals surface area contributed by atoms with E-state index >= 15 is 0 Å². The predicted octanol–water partition coefficient (Wildman–Crippen LogP) is 5.54. The Labute approximate surface area is 177 Å². The zero-order valence-corrected chi connectivity index (χ0v) is 18.2. The molecule has 0 aliphatic carbocycles. The summed E-state index contributed by atoms with van der Waals surface area (Å²) in [7, 11) is 0. The summed E-state index contributed by atoms with van der Waals surface area (Å²) in [4.78, 5) is 24.6.